The lowest BCUT2D eigenvalue weighted by molar-refractivity contribution is 0.580. The quantitative estimate of drug-likeness (QED) is 0.256. The Morgan fingerprint density at radius 2 is 0.794 bits per heavy atom. The first kappa shape index (κ1) is 30.1. The number of rotatable bonds is 9. The second-order valence-electron chi connectivity index (χ2n) is 10.2. The van der Waals surface area contributed by atoms with Crippen molar-refractivity contribution < 1.29 is 9.05 Å². The lowest BCUT2D eigenvalue weighted by atomic mass is 9.95. The fraction of sp³-hybridized carbons (Fsp3) is 0.571. The molecule has 0 atom stereocenters. The molecule has 0 unspecified atom stereocenters. The fourth-order valence-corrected chi connectivity index (χ4v) is 9.34. The highest BCUT2D eigenvalue weighted by Gasteiger charge is 2.28. The standard InChI is InChI=1S/C28H42Br2O2P2/c1-15(2)33(16(3)4)31-27-21(11)19(9)25(29)13-23(27)24-14-26(30)20(10)22(12)28(24)32-34(17(5)6)18(7)8/h13-18H,1-12H3. The first-order chi connectivity index (χ1) is 15.7. The molecule has 0 spiro atoms. The molecule has 0 aliphatic heterocycles. The van der Waals surface area contributed by atoms with Crippen molar-refractivity contribution in [2.45, 2.75) is 106 Å². The van der Waals surface area contributed by atoms with Gasteiger partial charge in [0.25, 0.3) is 0 Å². The minimum atomic E-state index is -0.632. The topological polar surface area (TPSA) is 18.5 Å². The molecule has 0 saturated heterocycles. The summed E-state index contributed by atoms with van der Waals surface area (Å²) in [5, 5.41) is 0. The van der Waals surface area contributed by atoms with Crippen LogP contribution in [0.15, 0.2) is 21.1 Å². The molecule has 0 aliphatic carbocycles. The Kier molecular flexibility index (Phi) is 11.0. The van der Waals surface area contributed by atoms with Crippen LogP contribution in [0, 0.1) is 27.7 Å². The van der Waals surface area contributed by atoms with Gasteiger partial charge in [0, 0.05) is 42.7 Å². The van der Waals surface area contributed by atoms with Crippen LogP contribution in [0.3, 0.4) is 0 Å². The van der Waals surface area contributed by atoms with Crippen LogP contribution in [0.1, 0.15) is 77.6 Å². The van der Waals surface area contributed by atoms with E-state index < -0.39 is 16.3 Å². The van der Waals surface area contributed by atoms with E-state index in [1.54, 1.807) is 0 Å². The summed E-state index contributed by atoms with van der Waals surface area (Å²) in [6, 6.07) is 4.45. The molecule has 2 aromatic rings. The molecule has 0 bridgehead atoms. The highest BCUT2D eigenvalue weighted by atomic mass is 79.9. The van der Waals surface area contributed by atoms with E-state index in [0.717, 1.165) is 31.6 Å². The van der Waals surface area contributed by atoms with Crippen molar-refractivity contribution >= 4 is 48.2 Å². The van der Waals surface area contributed by atoms with E-state index in [9.17, 15) is 0 Å². The number of benzene rings is 2. The van der Waals surface area contributed by atoms with E-state index in [0.29, 0.717) is 22.6 Å². The van der Waals surface area contributed by atoms with Gasteiger partial charge in [-0.25, -0.2) is 0 Å². The highest BCUT2D eigenvalue weighted by Crippen LogP contribution is 2.56. The fourth-order valence-electron chi connectivity index (χ4n) is 4.16. The SMILES string of the molecule is Cc1c(Br)cc(-c2cc(Br)c(C)c(C)c2OP(C(C)C)C(C)C)c(OP(C(C)C)C(C)C)c1C. The third-order valence-electron chi connectivity index (χ3n) is 6.27. The molecule has 2 aromatic carbocycles. The molecule has 0 heterocycles. The molecule has 190 valence electrons. The third kappa shape index (κ3) is 6.59. The maximum atomic E-state index is 6.93. The summed E-state index contributed by atoms with van der Waals surface area (Å²) in [5.74, 6) is 1.99. The molecule has 0 radical (unpaired) electrons. The van der Waals surface area contributed by atoms with Crippen molar-refractivity contribution in [3.63, 3.8) is 0 Å². The Hall–Kier alpha value is -0.140. The average Bonchev–Trinajstić information content (AvgIpc) is 2.73. The molecule has 6 heteroatoms. The Morgan fingerprint density at radius 1 is 0.529 bits per heavy atom. The van der Waals surface area contributed by atoms with Crippen LogP contribution in [0.25, 0.3) is 11.1 Å². The van der Waals surface area contributed by atoms with Gasteiger partial charge in [0.15, 0.2) is 0 Å². The van der Waals surface area contributed by atoms with Crippen LogP contribution in [-0.4, -0.2) is 22.6 Å². The lowest BCUT2D eigenvalue weighted by Gasteiger charge is -2.31. The van der Waals surface area contributed by atoms with E-state index in [-0.39, 0.29) is 0 Å². The first-order valence-corrected chi connectivity index (χ1v) is 16.6. The summed E-state index contributed by atoms with van der Waals surface area (Å²) < 4.78 is 16.1. The van der Waals surface area contributed by atoms with Crippen molar-refractivity contribution in [3.05, 3.63) is 43.3 Å². The van der Waals surface area contributed by atoms with Crippen LogP contribution in [0.4, 0.5) is 0 Å². The second kappa shape index (κ2) is 12.4. The van der Waals surface area contributed by atoms with Crippen molar-refractivity contribution in [1.29, 1.82) is 0 Å². The van der Waals surface area contributed by atoms with E-state index in [1.807, 2.05) is 0 Å². The highest BCUT2D eigenvalue weighted by molar-refractivity contribution is 9.10. The molecule has 0 aromatic heterocycles. The van der Waals surface area contributed by atoms with Gasteiger partial charge in [-0.2, -0.15) is 0 Å². The predicted octanol–water partition coefficient (Wildman–Crippen LogP) is 11.3. The van der Waals surface area contributed by atoms with Crippen LogP contribution >= 0.6 is 48.2 Å². The molecule has 2 rings (SSSR count). The molecular weight excluding hydrogens is 590 g/mol. The largest absolute Gasteiger partial charge is 0.473 e. The zero-order valence-electron chi connectivity index (χ0n) is 22.9. The van der Waals surface area contributed by atoms with Crippen molar-refractivity contribution in [2.24, 2.45) is 0 Å². The summed E-state index contributed by atoms with van der Waals surface area (Å²) in [5.41, 5.74) is 8.92. The van der Waals surface area contributed by atoms with Crippen molar-refractivity contribution in [3.8, 4) is 22.6 Å². The Bertz CT molecular complexity index is 919. The van der Waals surface area contributed by atoms with E-state index in [2.05, 4.69) is 127 Å². The second-order valence-corrected chi connectivity index (χ2v) is 17.9. The molecule has 0 saturated carbocycles. The van der Waals surface area contributed by atoms with Crippen LogP contribution in [0.2, 0.25) is 0 Å². The molecule has 0 N–H and O–H groups in total. The first-order valence-electron chi connectivity index (χ1n) is 12.2. The Balaban J connectivity index is 2.87. The van der Waals surface area contributed by atoms with Gasteiger partial charge in [-0.1, -0.05) is 87.2 Å². The maximum absolute atomic E-state index is 6.93. The molecule has 0 amide bonds. The van der Waals surface area contributed by atoms with Crippen molar-refractivity contribution in [1.82, 2.24) is 0 Å². The van der Waals surface area contributed by atoms with Gasteiger partial charge in [-0.15, -0.1) is 0 Å². The summed E-state index contributed by atoms with van der Waals surface area (Å²) >= 11 is 7.65. The van der Waals surface area contributed by atoms with Gasteiger partial charge < -0.3 is 9.05 Å². The monoisotopic (exact) mass is 630 g/mol. The summed E-state index contributed by atoms with van der Waals surface area (Å²) in [7, 11) is -1.26. The molecular formula is C28H42Br2O2P2. The smallest absolute Gasteiger partial charge is 0.134 e. The molecule has 0 aliphatic rings. The molecule has 2 nitrogen and oxygen atoms in total. The minimum Gasteiger partial charge on any atom is -0.473 e. The van der Waals surface area contributed by atoms with Gasteiger partial charge in [0.2, 0.25) is 0 Å². The van der Waals surface area contributed by atoms with Gasteiger partial charge in [0.05, 0.1) is 16.3 Å². The van der Waals surface area contributed by atoms with Crippen LogP contribution < -0.4 is 9.05 Å². The molecule has 0 fully saturated rings. The van der Waals surface area contributed by atoms with Crippen LogP contribution in [-0.2, 0) is 0 Å². The Morgan fingerprint density at radius 3 is 1.03 bits per heavy atom. The van der Waals surface area contributed by atoms with E-state index in [4.69, 9.17) is 9.05 Å². The maximum Gasteiger partial charge on any atom is 0.134 e. The van der Waals surface area contributed by atoms with E-state index >= 15 is 0 Å². The zero-order valence-corrected chi connectivity index (χ0v) is 27.9. The summed E-state index contributed by atoms with van der Waals surface area (Å²) in [6.45, 7) is 26.8. The summed E-state index contributed by atoms with van der Waals surface area (Å²) in [6.07, 6.45) is 0. The number of hydrogen-bond acceptors (Lipinski definition) is 2. The average molecular weight is 632 g/mol. The lowest BCUT2D eigenvalue weighted by Crippen LogP contribution is -2.11. The minimum absolute atomic E-state index is 0.475. The number of hydrogen-bond donors (Lipinski definition) is 0. The van der Waals surface area contributed by atoms with Crippen molar-refractivity contribution in [2.75, 3.05) is 0 Å². The van der Waals surface area contributed by atoms with Crippen LogP contribution in [0.5, 0.6) is 11.5 Å². The normalized spacial score (nSPS) is 12.2. The predicted molar refractivity (Wildman–Crippen MR) is 162 cm³/mol. The Labute approximate surface area is 227 Å². The summed E-state index contributed by atoms with van der Waals surface area (Å²) in [4.78, 5) is 0. The van der Waals surface area contributed by atoms with Gasteiger partial charge in [-0.3, -0.25) is 0 Å². The number of halogens is 2. The van der Waals surface area contributed by atoms with E-state index in [1.165, 1.54) is 22.3 Å². The zero-order chi connectivity index (χ0) is 26.1. The molecule has 34 heavy (non-hydrogen) atoms. The third-order valence-corrected chi connectivity index (χ3v) is 12.8. The van der Waals surface area contributed by atoms with Gasteiger partial charge in [0.1, 0.15) is 11.5 Å². The van der Waals surface area contributed by atoms with Gasteiger partial charge >= 0.3 is 0 Å². The van der Waals surface area contributed by atoms with Gasteiger partial charge in [-0.05, 0) is 62.1 Å².